The quantitative estimate of drug-likeness (QED) is 0.310. The Bertz CT molecular complexity index is 1410. The SMILES string of the molecule is CC(C)N(CCNc1nc(Nc2nc3ccccc3n2C)nc2c1ncn2CCN1CCCC1=O)C(C)C. The van der Waals surface area contributed by atoms with Gasteiger partial charge in [0.1, 0.15) is 0 Å². The molecule has 5 rings (SSSR count). The Hall–Kier alpha value is -3.73. The number of hydrogen-bond donors (Lipinski definition) is 2. The first-order chi connectivity index (χ1) is 18.3. The second-order valence-electron chi connectivity index (χ2n) is 10.5. The minimum absolute atomic E-state index is 0.218. The zero-order valence-corrected chi connectivity index (χ0v) is 23.0. The Balaban J connectivity index is 1.44. The van der Waals surface area contributed by atoms with Crippen LogP contribution in [0.1, 0.15) is 40.5 Å². The molecule has 11 heteroatoms. The van der Waals surface area contributed by atoms with E-state index in [4.69, 9.17) is 15.0 Å². The predicted octanol–water partition coefficient (Wildman–Crippen LogP) is 3.61. The molecule has 1 aliphatic heterocycles. The van der Waals surface area contributed by atoms with Crippen molar-refractivity contribution in [3.8, 4) is 0 Å². The molecule has 0 atom stereocenters. The van der Waals surface area contributed by atoms with Gasteiger partial charge in [0.05, 0.1) is 17.4 Å². The number of aromatic nitrogens is 6. The van der Waals surface area contributed by atoms with Gasteiger partial charge >= 0.3 is 0 Å². The first-order valence-corrected chi connectivity index (χ1v) is 13.5. The van der Waals surface area contributed by atoms with Crippen molar-refractivity contribution in [2.24, 2.45) is 7.05 Å². The van der Waals surface area contributed by atoms with Crippen LogP contribution in [-0.4, -0.2) is 83.0 Å². The van der Waals surface area contributed by atoms with Gasteiger partial charge in [0, 0.05) is 58.3 Å². The summed E-state index contributed by atoms with van der Waals surface area (Å²) in [6.07, 6.45) is 3.35. The van der Waals surface area contributed by atoms with Crippen LogP contribution in [0.15, 0.2) is 30.6 Å². The number of benzene rings is 1. The monoisotopic (exact) mass is 518 g/mol. The molecule has 11 nitrogen and oxygen atoms in total. The summed E-state index contributed by atoms with van der Waals surface area (Å²) in [7, 11) is 1.97. The third-order valence-corrected chi connectivity index (χ3v) is 7.25. The second-order valence-corrected chi connectivity index (χ2v) is 10.5. The van der Waals surface area contributed by atoms with E-state index in [2.05, 4.69) is 48.2 Å². The summed E-state index contributed by atoms with van der Waals surface area (Å²) in [5.74, 6) is 2.01. The van der Waals surface area contributed by atoms with Gasteiger partial charge < -0.3 is 19.4 Å². The number of carbonyl (C=O) groups is 1. The van der Waals surface area contributed by atoms with Crippen LogP contribution < -0.4 is 10.6 Å². The lowest BCUT2D eigenvalue weighted by Crippen LogP contribution is -2.40. The smallest absolute Gasteiger partial charge is 0.233 e. The largest absolute Gasteiger partial charge is 0.367 e. The maximum atomic E-state index is 12.1. The molecule has 2 N–H and O–H groups in total. The van der Waals surface area contributed by atoms with Gasteiger partial charge in [-0.1, -0.05) is 12.1 Å². The second kappa shape index (κ2) is 10.9. The highest BCUT2D eigenvalue weighted by Gasteiger charge is 2.21. The molecule has 1 saturated heterocycles. The topological polar surface area (TPSA) is 109 Å². The molecular formula is C27H38N10O. The molecule has 0 aliphatic carbocycles. The number of anilines is 3. The molecule has 0 unspecified atom stereocenters. The van der Waals surface area contributed by atoms with Gasteiger partial charge in [-0.15, -0.1) is 0 Å². The Morgan fingerprint density at radius 1 is 1.05 bits per heavy atom. The fraction of sp³-hybridized carbons (Fsp3) is 0.519. The molecule has 1 amide bonds. The van der Waals surface area contributed by atoms with Crippen molar-refractivity contribution in [2.45, 2.75) is 59.2 Å². The number of aryl methyl sites for hydroxylation is 1. The Labute approximate surface area is 223 Å². The predicted molar refractivity (Wildman–Crippen MR) is 151 cm³/mol. The first kappa shape index (κ1) is 25.9. The van der Waals surface area contributed by atoms with Gasteiger partial charge in [0.25, 0.3) is 0 Å². The van der Waals surface area contributed by atoms with Crippen LogP contribution in [0.2, 0.25) is 0 Å². The van der Waals surface area contributed by atoms with Crippen molar-refractivity contribution < 1.29 is 4.79 Å². The molecular weight excluding hydrogens is 480 g/mol. The minimum atomic E-state index is 0.218. The Morgan fingerprint density at radius 2 is 1.84 bits per heavy atom. The standard InChI is InChI=1S/C27H38N10O/c1-18(2)37(19(3)4)14-12-28-24-23-25(36(17-29-23)16-15-35-13-8-11-22(35)38)32-26(31-24)33-27-30-20-9-6-7-10-21(20)34(27)5/h6-7,9-10,17-19H,8,11-16H2,1-5H3,(H2,28,30,31,32,33). The molecule has 3 aromatic heterocycles. The van der Waals surface area contributed by atoms with Crippen molar-refractivity contribution in [1.82, 2.24) is 38.9 Å². The maximum absolute atomic E-state index is 12.1. The van der Waals surface area contributed by atoms with Crippen molar-refractivity contribution in [2.75, 3.05) is 36.8 Å². The molecule has 0 spiro atoms. The van der Waals surface area contributed by atoms with Gasteiger partial charge in [-0.25, -0.2) is 9.97 Å². The molecule has 0 saturated carbocycles. The molecule has 38 heavy (non-hydrogen) atoms. The van der Waals surface area contributed by atoms with Crippen LogP contribution in [0.25, 0.3) is 22.2 Å². The van der Waals surface area contributed by atoms with E-state index in [-0.39, 0.29) is 5.91 Å². The van der Waals surface area contributed by atoms with Gasteiger partial charge in [0.2, 0.25) is 17.8 Å². The summed E-state index contributed by atoms with van der Waals surface area (Å²) in [4.78, 5) is 35.5. The van der Waals surface area contributed by atoms with Crippen LogP contribution in [0, 0.1) is 0 Å². The minimum Gasteiger partial charge on any atom is -0.367 e. The summed E-state index contributed by atoms with van der Waals surface area (Å²) in [6.45, 7) is 12.6. The number of fused-ring (bicyclic) bond motifs is 2. The zero-order chi connectivity index (χ0) is 26.8. The fourth-order valence-electron chi connectivity index (χ4n) is 5.23. The van der Waals surface area contributed by atoms with Crippen LogP contribution in [0.5, 0.6) is 0 Å². The number of nitrogens with zero attached hydrogens (tertiary/aromatic N) is 8. The molecule has 4 aromatic rings. The van der Waals surface area contributed by atoms with Crippen molar-refractivity contribution in [3.05, 3.63) is 30.6 Å². The number of hydrogen-bond acceptors (Lipinski definition) is 8. The van der Waals surface area contributed by atoms with Crippen LogP contribution in [0.3, 0.4) is 0 Å². The summed E-state index contributed by atoms with van der Waals surface area (Å²) < 4.78 is 4.00. The zero-order valence-electron chi connectivity index (χ0n) is 23.0. The van der Waals surface area contributed by atoms with Crippen LogP contribution >= 0.6 is 0 Å². The maximum Gasteiger partial charge on any atom is 0.233 e. The van der Waals surface area contributed by atoms with Crippen LogP contribution in [0.4, 0.5) is 17.7 Å². The van der Waals surface area contributed by atoms with Gasteiger partial charge in [-0.3, -0.25) is 15.0 Å². The van der Waals surface area contributed by atoms with Crippen molar-refractivity contribution in [3.63, 3.8) is 0 Å². The first-order valence-electron chi connectivity index (χ1n) is 13.5. The summed E-state index contributed by atoms with van der Waals surface area (Å²) in [6, 6.07) is 8.90. The lowest BCUT2D eigenvalue weighted by atomic mass is 10.2. The molecule has 0 bridgehead atoms. The van der Waals surface area contributed by atoms with E-state index >= 15 is 0 Å². The van der Waals surface area contributed by atoms with Gasteiger partial charge in [0.15, 0.2) is 17.0 Å². The molecule has 1 fully saturated rings. The van der Waals surface area contributed by atoms with Gasteiger partial charge in [-0.2, -0.15) is 9.97 Å². The van der Waals surface area contributed by atoms with E-state index in [0.717, 1.165) is 42.7 Å². The Kier molecular flexibility index (Phi) is 7.46. The van der Waals surface area contributed by atoms with E-state index in [0.29, 0.717) is 54.8 Å². The number of carbonyl (C=O) groups excluding carboxylic acids is 1. The van der Waals surface area contributed by atoms with E-state index in [1.165, 1.54) is 0 Å². The number of nitrogens with one attached hydrogen (secondary N) is 2. The third-order valence-electron chi connectivity index (χ3n) is 7.25. The lowest BCUT2D eigenvalue weighted by Gasteiger charge is -2.30. The Morgan fingerprint density at radius 3 is 2.55 bits per heavy atom. The van der Waals surface area contributed by atoms with Crippen molar-refractivity contribution in [1.29, 1.82) is 0 Å². The average molecular weight is 519 g/mol. The molecule has 4 heterocycles. The normalized spacial score (nSPS) is 14.2. The molecule has 202 valence electrons. The lowest BCUT2D eigenvalue weighted by molar-refractivity contribution is -0.127. The van der Waals surface area contributed by atoms with E-state index in [1.807, 2.05) is 45.3 Å². The van der Waals surface area contributed by atoms with E-state index in [1.54, 1.807) is 6.33 Å². The van der Waals surface area contributed by atoms with Crippen LogP contribution in [-0.2, 0) is 18.4 Å². The fourth-order valence-corrected chi connectivity index (χ4v) is 5.23. The number of imidazole rings is 2. The number of para-hydroxylation sites is 2. The van der Waals surface area contributed by atoms with Crippen molar-refractivity contribution >= 4 is 45.8 Å². The van der Waals surface area contributed by atoms with Gasteiger partial charge in [-0.05, 0) is 46.2 Å². The van der Waals surface area contributed by atoms with E-state index < -0.39 is 0 Å². The highest BCUT2D eigenvalue weighted by atomic mass is 16.2. The summed E-state index contributed by atoms with van der Waals surface area (Å²) >= 11 is 0. The number of rotatable bonds is 11. The summed E-state index contributed by atoms with van der Waals surface area (Å²) in [5.41, 5.74) is 3.37. The molecule has 0 radical (unpaired) electrons. The average Bonchev–Trinajstić information content (AvgIpc) is 3.57. The number of amides is 1. The summed E-state index contributed by atoms with van der Waals surface area (Å²) in [5, 5.41) is 6.84. The third kappa shape index (κ3) is 5.28. The number of likely N-dealkylation sites (tertiary alicyclic amines) is 1. The highest BCUT2D eigenvalue weighted by Crippen LogP contribution is 2.25. The molecule has 1 aliphatic rings. The van der Waals surface area contributed by atoms with E-state index in [9.17, 15) is 4.79 Å². The highest BCUT2D eigenvalue weighted by molar-refractivity contribution is 5.85. The molecule has 1 aromatic carbocycles.